The summed E-state index contributed by atoms with van der Waals surface area (Å²) >= 11 is 0. The Morgan fingerprint density at radius 3 is 2.67 bits per heavy atom. The Kier molecular flexibility index (Phi) is 4.24. The lowest BCUT2D eigenvalue weighted by Gasteiger charge is -2.09. The van der Waals surface area contributed by atoms with Crippen LogP contribution in [0.1, 0.15) is 11.3 Å². The molecule has 2 aromatic heterocycles. The highest BCUT2D eigenvalue weighted by molar-refractivity contribution is 7.92. The van der Waals surface area contributed by atoms with Crippen molar-refractivity contribution in [3.63, 3.8) is 0 Å². The van der Waals surface area contributed by atoms with Crippen molar-refractivity contribution in [1.82, 2.24) is 10.2 Å². The maximum atomic E-state index is 12.5. The monoisotopic (exact) mass is 385 g/mol. The van der Waals surface area contributed by atoms with Gasteiger partial charge >= 0.3 is 0 Å². The van der Waals surface area contributed by atoms with Gasteiger partial charge in [0.25, 0.3) is 10.0 Å². The maximum absolute atomic E-state index is 12.5. The van der Waals surface area contributed by atoms with E-state index >= 15 is 0 Å². The number of sulfonamides is 1. The fraction of sp³-hybridized carbons (Fsp3) is 0.118. The van der Waals surface area contributed by atoms with Crippen LogP contribution in [0.15, 0.2) is 58.0 Å². The third-order valence-corrected chi connectivity index (χ3v) is 5.29. The Bertz CT molecular complexity index is 1080. The maximum Gasteiger partial charge on any atom is 0.263 e. The van der Waals surface area contributed by atoms with Crippen LogP contribution in [0.3, 0.4) is 0 Å². The molecule has 27 heavy (non-hydrogen) atoms. The molecule has 138 valence electrons. The molecule has 1 aliphatic heterocycles. The van der Waals surface area contributed by atoms with E-state index in [1.54, 1.807) is 24.5 Å². The number of nitrogens with zero attached hydrogens (tertiary/aromatic N) is 2. The van der Waals surface area contributed by atoms with Gasteiger partial charge in [0, 0.05) is 5.69 Å². The Labute approximate surface area is 154 Å². The first-order valence-corrected chi connectivity index (χ1v) is 9.53. The minimum absolute atomic E-state index is 0.0552. The molecule has 1 aliphatic rings. The zero-order chi connectivity index (χ0) is 18.9. The van der Waals surface area contributed by atoms with Gasteiger partial charge in [0.1, 0.15) is 11.6 Å². The zero-order valence-electron chi connectivity index (χ0n) is 14.0. The van der Waals surface area contributed by atoms with Gasteiger partial charge in [0.05, 0.1) is 24.1 Å². The molecule has 3 heterocycles. The van der Waals surface area contributed by atoms with Gasteiger partial charge in [-0.2, -0.15) is 0 Å². The van der Waals surface area contributed by atoms with Crippen molar-refractivity contribution in [3.8, 4) is 0 Å². The van der Waals surface area contributed by atoms with E-state index in [1.807, 2.05) is 6.07 Å². The highest BCUT2D eigenvalue weighted by atomic mass is 32.2. The smallest absolute Gasteiger partial charge is 0.263 e. The van der Waals surface area contributed by atoms with Gasteiger partial charge in [-0.1, -0.05) is 0 Å². The first-order chi connectivity index (χ1) is 13.0. The van der Waals surface area contributed by atoms with Crippen molar-refractivity contribution in [2.45, 2.75) is 17.9 Å². The molecule has 0 bridgehead atoms. The minimum atomic E-state index is -3.84. The van der Waals surface area contributed by atoms with Crippen LogP contribution >= 0.6 is 0 Å². The lowest BCUT2D eigenvalue weighted by molar-refractivity contribution is -0.115. The van der Waals surface area contributed by atoms with Crippen molar-refractivity contribution >= 4 is 33.3 Å². The molecule has 0 spiro atoms. The molecule has 0 fully saturated rings. The summed E-state index contributed by atoms with van der Waals surface area (Å²) in [6.07, 6.45) is 1.74. The minimum Gasteiger partial charge on any atom is -0.467 e. The first-order valence-electron chi connectivity index (χ1n) is 8.05. The number of hydrogen-bond donors (Lipinski definition) is 3. The van der Waals surface area contributed by atoms with Crippen LogP contribution in [-0.2, 0) is 27.8 Å². The number of furan rings is 1. The normalized spacial score (nSPS) is 13.1. The SMILES string of the molecule is O=C1Cc2cc(S(=O)(=O)Nc3ccc(NCc4ccco4)nn3)ccc2N1. The zero-order valence-corrected chi connectivity index (χ0v) is 14.8. The van der Waals surface area contributed by atoms with E-state index in [2.05, 4.69) is 25.6 Å². The number of benzene rings is 1. The second kappa shape index (κ2) is 6.72. The molecular weight excluding hydrogens is 370 g/mol. The molecule has 0 unspecified atom stereocenters. The number of amides is 1. The third kappa shape index (κ3) is 3.75. The van der Waals surface area contributed by atoms with E-state index in [0.717, 1.165) is 5.76 Å². The van der Waals surface area contributed by atoms with E-state index in [4.69, 9.17) is 4.42 Å². The lowest BCUT2D eigenvalue weighted by Crippen LogP contribution is -2.14. The fourth-order valence-electron chi connectivity index (χ4n) is 2.64. The van der Waals surface area contributed by atoms with Crippen molar-refractivity contribution in [2.75, 3.05) is 15.4 Å². The average Bonchev–Trinajstić information content (AvgIpc) is 3.28. The molecule has 0 radical (unpaired) electrons. The molecule has 1 aromatic carbocycles. The van der Waals surface area contributed by atoms with E-state index in [0.29, 0.717) is 23.6 Å². The molecule has 0 saturated heterocycles. The van der Waals surface area contributed by atoms with Crippen LogP contribution in [0.4, 0.5) is 17.3 Å². The molecule has 0 aliphatic carbocycles. The fourth-order valence-corrected chi connectivity index (χ4v) is 3.69. The number of anilines is 3. The standard InChI is InChI=1S/C17H15N5O4S/c23-17-9-11-8-13(3-4-14(11)19-17)27(24,25)22-16-6-5-15(20-21-16)18-10-12-2-1-7-26-12/h1-8H,9-10H2,(H,18,20)(H,19,23)(H,21,22). The molecule has 4 rings (SSSR count). The Hall–Kier alpha value is -3.40. The predicted octanol–water partition coefficient (Wildman–Crippen LogP) is 1.98. The van der Waals surface area contributed by atoms with Crippen molar-refractivity contribution in [2.24, 2.45) is 0 Å². The van der Waals surface area contributed by atoms with E-state index < -0.39 is 10.0 Å². The largest absolute Gasteiger partial charge is 0.467 e. The summed E-state index contributed by atoms with van der Waals surface area (Å²) in [6.45, 7) is 0.439. The molecule has 0 atom stereocenters. The highest BCUT2D eigenvalue weighted by Gasteiger charge is 2.22. The number of carbonyl (C=O) groups excluding carboxylic acids is 1. The number of fused-ring (bicyclic) bond motifs is 1. The molecule has 9 nitrogen and oxygen atoms in total. The molecule has 10 heteroatoms. The van der Waals surface area contributed by atoms with Gasteiger partial charge in [-0.25, -0.2) is 8.42 Å². The Morgan fingerprint density at radius 2 is 1.93 bits per heavy atom. The number of nitrogens with one attached hydrogen (secondary N) is 3. The Balaban J connectivity index is 1.45. The topological polar surface area (TPSA) is 126 Å². The predicted molar refractivity (Wildman–Crippen MR) is 97.7 cm³/mol. The van der Waals surface area contributed by atoms with E-state index in [9.17, 15) is 13.2 Å². The van der Waals surface area contributed by atoms with Gasteiger partial charge in [-0.15, -0.1) is 10.2 Å². The van der Waals surface area contributed by atoms with Crippen LogP contribution in [0, 0.1) is 0 Å². The van der Waals surface area contributed by atoms with Gasteiger partial charge in [-0.3, -0.25) is 9.52 Å². The number of rotatable bonds is 6. The number of carbonyl (C=O) groups is 1. The molecule has 3 aromatic rings. The summed E-state index contributed by atoms with van der Waals surface area (Å²) in [5.74, 6) is 1.16. The quantitative estimate of drug-likeness (QED) is 0.592. The lowest BCUT2D eigenvalue weighted by atomic mass is 10.2. The van der Waals surface area contributed by atoms with Crippen LogP contribution < -0.4 is 15.4 Å². The van der Waals surface area contributed by atoms with Gasteiger partial charge in [0.15, 0.2) is 5.82 Å². The number of aromatic nitrogens is 2. The van der Waals surface area contributed by atoms with Crippen LogP contribution in [0.2, 0.25) is 0 Å². The van der Waals surface area contributed by atoms with E-state index in [1.165, 1.54) is 18.2 Å². The summed E-state index contributed by atoms with van der Waals surface area (Å²) in [5.41, 5.74) is 1.28. The van der Waals surface area contributed by atoms with Crippen LogP contribution in [0.25, 0.3) is 0 Å². The van der Waals surface area contributed by atoms with Crippen molar-refractivity contribution in [1.29, 1.82) is 0 Å². The third-order valence-electron chi connectivity index (χ3n) is 3.94. The van der Waals surface area contributed by atoms with Gasteiger partial charge in [0.2, 0.25) is 5.91 Å². The second-order valence-corrected chi connectivity index (χ2v) is 7.57. The van der Waals surface area contributed by atoms with Gasteiger partial charge < -0.3 is 15.1 Å². The molecule has 0 saturated carbocycles. The first kappa shape index (κ1) is 17.0. The molecule has 1 amide bonds. The number of hydrogen-bond acceptors (Lipinski definition) is 7. The van der Waals surface area contributed by atoms with Crippen LogP contribution in [0.5, 0.6) is 0 Å². The summed E-state index contributed by atoms with van der Waals surface area (Å²) < 4.78 is 32.7. The highest BCUT2D eigenvalue weighted by Crippen LogP contribution is 2.26. The summed E-state index contributed by atoms with van der Waals surface area (Å²) in [5, 5.41) is 13.5. The molecular formula is C17H15N5O4S. The van der Waals surface area contributed by atoms with Gasteiger partial charge in [-0.05, 0) is 48.0 Å². The second-order valence-electron chi connectivity index (χ2n) is 5.89. The summed E-state index contributed by atoms with van der Waals surface area (Å²) in [6, 6.07) is 11.2. The Morgan fingerprint density at radius 1 is 1.11 bits per heavy atom. The summed E-state index contributed by atoms with van der Waals surface area (Å²) in [7, 11) is -3.84. The summed E-state index contributed by atoms with van der Waals surface area (Å²) in [4.78, 5) is 11.5. The van der Waals surface area contributed by atoms with Crippen LogP contribution in [-0.4, -0.2) is 24.5 Å². The molecule has 3 N–H and O–H groups in total. The van der Waals surface area contributed by atoms with Crippen molar-refractivity contribution < 1.29 is 17.6 Å². The average molecular weight is 385 g/mol. The van der Waals surface area contributed by atoms with Crippen molar-refractivity contribution in [3.05, 3.63) is 60.1 Å². The van der Waals surface area contributed by atoms with E-state index in [-0.39, 0.29) is 23.0 Å².